The minimum Gasteiger partial charge on any atom is -0.491 e. The lowest BCUT2D eigenvalue weighted by molar-refractivity contribution is 0.0954. The van der Waals surface area contributed by atoms with Gasteiger partial charge in [0.15, 0.2) is 0 Å². The van der Waals surface area contributed by atoms with Crippen LogP contribution in [0, 0.1) is 0 Å². The summed E-state index contributed by atoms with van der Waals surface area (Å²) >= 11 is 0. The molecule has 3 rings (SSSR count). The first-order valence-corrected chi connectivity index (χ1v) is 8.09. The lowest BCUT2D eigenvalue weighted by atomic mass is 10.2. The Hall–Kier alpha value is -2.82. The van der Waals surface area contributed by atoms with Gasteiger partial charge in [-0.2, -0.15) is 0 Å². The van der Waals surface area contributed by atoms with E-state index in [-0.39, 0.29) is 12.0 Å². The smallest absolute Gasteiger partial charge is 0.251 e. The van der Waals surface area contributed by atoms with E-state index in [1.54, 1.807) is 12.1 Å². The van der Waals surface area contributed by atoms with Crippen molar-refractivity contribution in [2.45, 2.75) is 26.4 Å². The van der Waals surface area contributed by atoms with Crippen LogP contribution in [0.2, 0.25) is 0 Å². The zero-order valence-corrected chi connectivity index (χ0v) is 13.9. The number of pyridine rings is 1. The van der Waals surface area contributed by atoms with Gasteiger partial charge >= 0.3 is 0 Å². The number of nitrogens with zero attached hydrogens (tertiary/aromatic N) is 2. The first-order valence-electron chi connectivity index (χ1n) is 8.09. The van der Waals surface area contributed by atoms with E-state index >= 15 is 0 Å². The molecular weight excluding hydrogens is 302 g/mol. The summed E-state index contributed by atoms with van der Waals surface area (Å²) in [7, 11) is 0. The van der Waals surface area contributed by atoms with Crippen molar-refractivity contribution >= 4 is 11.6 Å². The zero-order chi connectivity index (χ0) is 16.9. The highest BCUT2D eigenvalue weighted by molar-refractivity contribution is 5.94. The zero-order valence-electron chi connectivity index (χ0n) is 13.9. The SMILES string of the molecule is CC(C)Oc1ccc(C(=O)NCCc2cn3ccccc3n2)cc1. The molecule has 0 aliphatic rings. The molecule has 2 heterocycles. The average Bonchev–Trinajstić information content (AvgIpc) is 2.97. The second-order valence-electron chi connectivity index (χ2n) is 5.90. The molecule has 2 aromatic heterocycles. The third-order valence-electron chi connectivity index (χ3n) is 3.57. The van der Waals surface area contributed by atoms with Gasteiger partial charge in [-0.25, -0.2) is 4.98 Å². The third kappa shape index (κ3) is 3.93. The van der Waals surface area contributed by atoms with Crippen molar-refractivity contribution in [2.75, 3.05) is 6.54 Å². The topological polar surface area (TPSA) is 55.6 Å². The van der Waals surface area contributed by atoms with Gasteiger partial charge in [0, 0.05) is 30.9 Å². The van der Waals surface area contributed by atoms with Crippen molar-refractivity contribution in [3.63, 3.8) is 0 Å². The highest BCUT2D eigenvalue weighted by Gasteiger charge is 2.07. The predicted molar refractivity (Wildman–Crippen MR) is 93.4 cm³/mol. The Morgan fingerprint density at radius 3 is 2.71 bits per heavy atom. The number of hydrogen-bond donors (Lipinski definition) is 1. The lowest BCUT2D eigenvalue weighted by Gasteiger charge is -2.10. The van der Waals surface area contributed by atoms with Crippen LogP contribution in [0.3, 0.4) is 0 Å². The van der Waals surface area contributed by atoms with Crippen LogP contribution < -0.4 is 10.1 Å². The molecule has 0 atom stereocenters. The molecule has 0 fully saturated rings. The highest BCUT2D eigenvalue weighted by atomic mass is 16.5. The second-order valence-corrected chi connectivity index (χ2v) is 5.90. The molecule has 0 radical (unpaired) electrons. The molecule has 5 heteroatoms. The Morgan fingerprint density at radius 1 is 1.21 bits per heavy atom. The molecule has 3 aromatic rings. The molecule has 0 saturated carbocycles. The van der Waals surface area contributed by atoms with Gasteiger partial charge < -0.3 is 14.5 Å². The Morgan fingerprint density at radius 2 is 2.00 bits per heavy atom. The number of hydrogen-bond acceptors (Lipinski definition) is 3. The van der Waals surface area contributed by atoms with E-state index < -0.39 is 0 Å². The van der Waals surface area contributed by atoms with Crippen LogP contribution in [0.15, 0.2) is 54.9 Å². The van der Waals surface area contributed by atoms with E-state index in [4.69, 9.17) is 4.74 Å². The van der Waals surface area contributed by atoms with Gasteiger partial charge in [-0.15, -0.1) is 0 Å². The molecule has 0 spiro atoms. The third-order valence-corrected chi connectivity index (χ3v) is 3.57. The lowest BCUT2D eigenvalue weighted by Crippen LogP contribution is -2.25. The monoisotopic (exact) mass is 323 g/mol. The molecule has 0 aliphatic carbocycles. The molecule has 24 heavy (non-hydrogen) atoms. The number of fused-ring (bicyclic) bond motifs is 1. The van der Waals surface area contributed by atoms with Gasteiger partial charge in [0.25, 0.3) is 5.91 Å². The number of imidazole rings is 1. The maximum atomic E-state index is 12.2. The normalized spacial score (nSPS) is 11.0. The van der Waals surface area contributed by atoms with Gasteiger partial charge in [0.05, 0.1) is 11.8 Å². The molecule has 0 bridgehead atoms. The van der Waals surface area contributed by atoms with E-state index in [2.05, 4.69) is 10.3 Å². The van der Waals surface area contributed by atoms with Crippen LogP contribution in [0.4, 0.5) is 0 Å². The van der Waals surface area contributed by atoms with Crippen molar-refractivity contribution in [2.24, 2.45) is 0 Å². The minimum atomic E-state index is -0.0881. The predicted octanol–water partition coefficient (Wildman–Crippen LogP) is 3.09. The Bertz CT molecular complexity index is 789. The Balaban J connectivity index is 1.53. The summed E-state index contributed by atoms with van der Waals surface area (Å²) in [6.07, 6.45) is 4.77. The van der Waals surface area contributed by atoms with Gasteiger partial charge in [-0.1, -0.05) is 6.07 Å². The van der Waals surface area contributed by atoms with Crippen molar-refractivity contribution in [3.8, 4) is 5.75 Å². The first kappa shape index (κ1) is 16.1. The largest absolute Gasteiger partial charge is 0.491 e. The fourth-order valence-electron chi connectivity index (χ4n) is 2.47. The van der Waals surface area contributed by atoms with Gasteiger partial charge in [-0.3, -0.25) is 4.79 Å². The van der Waals surface area contributed by atoms with Crippen LogP contribution in [0.25, 0.3) is 5.65 Å². The van der Waals surface area contributed by atoms with Gasteiger partial charge in [0.1, 0.15) is 11.4 Å². The highest BCUT2D eigenvalue weighted by Crippen LogP contribution is 2.13. The average molecular weight is 323 g/mol. The maximum absolute atomic E-state index is 12.2. The van der Waals surface area contributed by atoms with Crippen LogP contribution in [-0.4, -0.2) is 27.9 Å². The first-order chi connectivity index (χ1) is 11.6. The molecule has 0 aliphatic heterocycles. The molecule has 0 unspecified atom stereocenters. The molecule has 5 nitrogen and oxygen atoms in total. The van der Waals surface area contributed by atoms with E-state index in [0.717, 1.165) is 17.1 Å². The molecule has 124 valence electrons. The minimum absolute atomic E-state index is 0.0881. The van der Waals surface area contributed by atoms with E-state index in [1.165, 1.54) is 0 Å². The molecular formula is C19H21N3O2. The van der Waals surface area contributed by atoms with Crippen LogP contribution in [0.5, 0.6) is 5.75 Å². The summed E-state index contributed by atoms with van der Waals surface area (Å²) in [6.45, 7) is 4.49. The Labute approximate surface area is 141 Å². The van der Waals surface area contributed by atoms with E-state index in [9.17, 15) is 4.79 Å². The molecule has 1 amide bonds. The fraction of sp³-hybridized carbons (Fsp3) is 0.263. The summed E-state index contributed by atoms with van der Waals surface area (Å²) in [4.78, 5) is 16.7. The number of carbonyl (C=O) groups is 1. The number of rotatable bonds is 6. The van der Waals surface area contributed by atoms with Crippen molar-refractivity contribution in [1.82, 2.24) is 14.7 Å². The molecule has 1 aromatic carbocycles. The van der Waals surface area contributed by atoms with E-state index in [0.29, 0.717) is 18.5 Å². The van der Waals surface area contributed by atoms with Crippen molar-refractivity contribution in [1.29, 1.82) is 0 Å². The summed E-state index contributed by atoms with van der Waals surface area (Å²) < 4.78 is 7.55. The second kappa shape index (κ2) is 7.17. The fourth-order valence-corrected chi connectivity index (χ4v) is 2.47. The quantitative estimate of drug-likeness (QED) is 0.758. The molecule has 1 N–H and O–H groups in total. The maximum Gasteiger partial charge on any atom is 0.251 e. The number of aromatic nitrogens is 2. The number of ether oxygens (including phenoxy) is 1. The van der Waals surface area contributed by atoms with Crippen molar-refractivity contribution < 1.29 is 9.53 Å². The summed E-state index contributed by atoms with van der Waals surface area (Å²) in [5.41, 5.74) is 2.50. The van der Waals surface area contributed by atoms with Crippen LogP contribution in [0.1, 0.15) is 29.9 Å². The van der Waals surface area contributed by atoms with Gasteiger partial charge in [0.2, 0.25) is 0 Å². The summed E-state index contributed by atoms with van der Waals surface area (Å²) in [5, 5.41) is 2.92. The van der Waals surface area contributed by atoms with E-state index in [1.807, 2.05) is 61.0 Å². The standard InChI is InChI=1S/C19H21N3O2/c1-14(2)24-17-8-6-15(7-9-17)19(23)20-11-10-16-13-22-12-4-3-5-18(22)21-16/h3-9,12-14H,10-11H2,1-2H3,(H,20,23). The van der Waals surface area contributed by atoms with Crippen LogP contribution >= 0.6 is 0 Å². The van der Waals surface area contributed by atoms with Gasteiger partial charge in [-0.05, 0) is 50.2 Å². The summed E-state index contributed by atoms with van der Waals surface area (Å²) in [6, 6.07) is 13.1. The number of benzene rings is 1. The number of carbonyl (C=O) groups excluding carboxylic acids is 1. The van der Waals surface area contributed by atoms with Crippen molar-refractivity contribution in [3.05, 3.63) is 66.1 Å². The molecule has 0 saturated heterocycles. The number of amides is 1. The Kier molecular flexibility index (Phi) is 4.79. The number of nitrogens with one attached hydrogen (secondary N) is 1. The summed E-state index contributed by atoms with van der Waals surface area (Å²) in [5.74, 6) is 0.682. The van der Waals surface area contributed by atoms with Crippen LogP contribution in [-0.2, 0) is 6.42 Å².